The number of likely N-dealkylation sites (N-methyl/N-ethyl adjacent to an activating group) is 1. The molecule has 5 nitrogen and oxygen atoms in total. The van der Waals surface area contributed by atoms with Crippen LogP contribution in [-0.2, 0) is 4.79 Å². The molecule has 22 heavy (non-hydrogen) atoms. The van der Waals surface area contributed by atoms with Gasteiger partial charge in [0.05, 0.1) is 0 Å². The molecule has 1 fully saturated rings. The fourth-order valence-electron chi connectivity index (χ4n) is 2.72. The maximum atomic E-state index is 12.2. The summed E-state index contributed by atoms with van der Waals surface area (Å²) in [5.41, 5.74) is 0. The van der Waals surface area contributed by atoms with Crippen molar-refractivity contribution in [2.75, 3.05) is 39.1 Å². The molecule has 2 heterocycles. The highest BCUT2D eigenvalue weighted by atomic mass is 32.2. The average Bonchev–Trinajstić information content (AvgIpc) is 3.08. The molecule has 1 amide bonds. The van der Waals surface area contributed by atoms with Crippen LogP contribution in [0.3, 0.4) is 0 Å². The molecule has 1 saturated heterocycles. The summed E-state index contributed by atoms with van der Waals surface area (Å²) >= 11 is 1.68. The molecule has 6 heteroatoms. The maximum absolute atomic E-state index is 12.2. The monoisotopic (exact) mass is 322 g/mol. The Morgan fingerprint density at radius 2 is 2.18 bits per heavy atom. The number of nitrogens with zero attached hydrogens (tertiary/aromatic N) is 1. The highest BCUT2D eigenvalue weighted by molar-refractivity contribution is 7.99. The molecule has 0 aromatic heterocycles. The summed E-state index contributed by atoms with van der Waals surface area (Å²) in [6.45, 7) is 3.13. The Balaban J connectivity index is 1.47. The molecule has 0 bridgehead atoms. The van der Waals surface area contributed by atoms with Gasteiger partial charge in [0.2, 0.25) is 5.91 Å². The van der Waals surface area contributed by atoms with E-state index in [0.717, 1.165) is 41.7 Å². The van der Waals surface area contributed by atoms with Crippen molar-refractivity contribution in [2.24, 2.45) is 0 Å². The van der Waals surface area contributed by atoms with Gasteiger partial charge in [0.15, 0.2) is 11.5 Å². The number of rotatable bonds is 5. The van der Waals surface area contributed by atoms with Gasteiger partial charge in [-0.3, -0.25) is 4.79 Å². The standard InChI is InChI=1S/C16H22N2O3S/c1-18(12-4-6-17-11-12)16(19)5-9-22-13-2-3-14-15(10-13)21-8-7-20-14/h2-3,10,12,17H,4-9,11H2,1H3. The minimum atomic E-state index is 0.221. The Morgan fingerprint density at radius 3 is 2.95 bits per heavy atom. The van der Waals surface area contributed by atoms with Crippen LogP contribution in [0.4, 0.5) is 0 Å². The molecule has 1 N–H and O–H groups in total. The van der Waals surface area contributed by atoms with Crippen molar-refractivity contribution >= 4 is 17.7 Å². The summed E-state index contributed by atoms with van der Waals surface area (Å²) in [5, 5.41) is 3.29. The normalized spacial score (nSPS) is 20.0. The van der Waals surface area contributed by atoms with E-state index in [2.05, 4.69) is 5.32 Å². The summed E-state index contributed by atoms with van der Waals surface area (Å²) in [6, 6.07) is 6.31. The number of carbonyl (C=O) groups excluding carboxylic acids is 1. The topological polar surface area (TPSA) is 50.8 Å². The van der Waals surface area contributed by atoms with Gasteiger partial charge in [-0.2, -0.15) is 0 Å². The minimum absolute atomic E-state index is 0.221. The number of ether oxygens (including phenoxy) is 2. The fourth-order valence-corrected chi connectivity index (χ4v) is 3.59. The number of hydrogen-bond acceptors (Lipinski definition) is 5. The van der Waals surface area contributed by atoms with E-state index in [9.17, 15) is 4.79 Å². The van der Waals surface area contributed by atoms with Crippen molar-refractivity contribution < 1.29 is 14.3 Å². The molecular formula is C16H22N2O3S. The molecule has 2 aliphatic rings. The van der Waals surface area contributed by atoms with Crippen LogP contribution in [0.1, 0.15) is 12.8 Å². The molecule has 0 radical (unpaired) electrons. The first-order chi connectivity index (χ1) is 10.7. The van der Waals surface area contributed by atoms with E-state index >= 15 is 0 Å². The molecule has 1 aromatic carbocycles. The molecule has 0 saturated carbocycles. The molecule has 1 atom stereocenters. The molecule has 3 rings (SSSR count). The highest BCUT2D eigenvalue weighted by Crippen LogP contribution is 2.34. The maximum Gasteiger partial charge on any atom is 0.223 e. The summed E-state index contributed by atoms with van der Waals surface area (Å²) in [7, 11) is 1.91. The Morgan fingerprint density at radius 1 is 1.36 bits per heavy atom. The van der Waals surface area contributed by atoms with Crippen LogP contribution < -0.4 is 14.8 Å². The largest absolute Gasteiger partial charge is 0.486 e. The number of benzene rings is 1. The third-order valence-corrected chi connectivity index (χ3v) is 5.07. The van der Waals surface area contributed by atoms with Gasteiger partial charge in [-0.05, 0) is 31.2 Å². The molecule has 2 aliphatic heterocycles. The summed E-state index contributed by atoms with van der Waals surface area (Å²) in [4.78, 5) is 15.2. The zero-order chi connectivity index (χ0) is 15.4. The van der Waals surface area contributed by atoms with Crippen molar-refractivity contribution in [3.8, 4) is 11.5 Å². The van der Waals surface area contributed by atoms with Crippen LogP contribution in [-0.4, -0.2) is 56.0 Å². The van der Waals surface area contributed by atoms with Crippen LogP contribution >= 0.6 is 11.8 Å². The second kappa shape index (κ2) is 7.24. The van der Waals surface area contributed by atoms with Crippen LogP contribution in [0.2, 0.25) is 0 Å². The number of fused-ring (bicyclic) bond motifs is 1. The lowest BCUT2D eigenvalue weighted by molar-refractivity contribution is -0.131. The first-order valence-corrected chi connectivity index (χ1v) is 8.71. The van der Waals surface area contributed by atoms with E-state index in [1.807, 2.05) is 30.1 Å². The third kappa shape index (κ3) is 3.67. The van der Waals surface area contributed by atoms with E-state index in [0.29, 0.717) is 25.7 Å². The van der Waals surface area contributed by atoms with Gasteiger partial charge in [0.1, 0.15) is 13.2 Å². The Hall–Kier alpha value is -1.40. The summed E-state index contributed by atoms with van der Waals surface area (Å²) < 4.78 is 11.1. The van der Waals surface area contributed by atoms with Gasteiger partial charge >= 0.3 is 0 Å². The lowest BCUT2D eigenvalue weighted by atomic mass is 10.2. The number of hydrogen-bond donors (Lipinski definition) is 1. The molecular weight excluding hydrogens is 300 g/mol. The van der Waals surface area contributed by atoms with Crippen molar-refractivity contribution in [1.29, 1.82) is 0 Å². The van der Waals surface area contributed by atoms with E-state index < -0.39 is 0 Å². The van der Waals surface area contributed by atoms with Gasteiger partial charge in [0, 0.05) is 36.7 Å². The SMILES string of the molecule is CN(C(=O)CCSc1ccc2c(c1)OCCO2)C1CCNC1. The zero-order valence-electron chi connectivity index (χ0n) is 12.8. The lowest BCUT2D eigenvalue weighted by Gasteiger charge is -2.23. The third-order valence-electron chi connectivity index (χ3n) is 4.07. The van der Waals surface area contributed by atoms with Crippen molar-refractivity contribution in [1.82, 2.24) is 10.2 Å². The van der Waals surface area contributed by atoms with Gasteiger partial charge in [-0.25, -0.2) is 0 Å². The van der Waals surface area contributed by atoms with Gasteiger partial charge in [0.25, 0.3) is 0 Å². The molecule has 1 unspecified atom stereocenters. The fraction of sp³-hybridized carbons (Fsp3) is 0.562. The first kappa shape index (κ1) is 15.5. The zero-order valence-corrected chi connectivity index (χ0v) is 13.7. The predicted molar refractivity (Wildman–Crippen MR) is 86.8 cm³/mol. The molecule has 120 valence electrons. The molecule has 1 aromatic rings. The number of carbonyl (C=O) groups is 1. The predicted octanol–water partition coefficient (Wildman–Crippen LogP) is 1.76. The average molecular weight is 322 g/mol. The Bertz CT molecular complexity index is 532. The first-order valence-electron chi connectivity index (χ1n) is 7.73. The quantitative estimate of drug-likeness (QED) is 0.837. The Labute approximate surface area is 135 Å². The second-order valence-corrected chi connectivity index (χ2v) is 6.72. The molecule has 0 spiro atoms. The summed E-state index contributed by atoms with van der Waals surface area (Å²) in [5.74, 6) is 2.61. The summed E-state index contributed by atoms with van der Waals surface area (Å²) in [6.07, 6.45) is 1.61. The van der Waals surface area contributed by atoms with E-state index in [1.54, 1.807) is 11.8 Å². The van der Waals surface area contributed by atoms with Crippen LogP contribution in [0.15, 0.2) is 23.1 Å². The van der Waals surface area contributed by atoms with Gasteiger partial charge in [-0.1, -0.05) is 0 Å². The lowest BCUT2D eigenvalue weighted by Crippen LogP contribution is -2.38. The van der Waals surface area contributed by atoms with Gasteiger partial charge in [-0.15, -0.1) is 11.8 Å². The molecule has 0 aliphatic carbocycles. The van der Waals surface area contributed by atoms with Crippen LogP contribution in [0, 0.1) is 0 Å². The van der Waals surface area contributed by atoms with Gasteiger partial charge < -0.3 is 19.7 Å². The van der Waals surface area contributed by atoms with Crippen LogP contribution in [0.25, 0.3) is 0 Å². The van der Waals surface area contributed by atoms with Crippen LogP contribution in [0.5, 0.6) is 11.5 Å². The number of thioether (sulfide) groups is 1. The van der Waals surface area contributed by atoms with Crippen molar-refractivity contribution in [2.45, 2.75) is 23.8 Å². The van der Waals surface area contributed by atoms with Crippen molar-refractivity contribution in [3.63, 3.8) is 0 Å². The number of nitrogens with one attached hydrogen (secondary N) is 1. The number of amides is 1. The van der Waals surface area contributed by atoms with E-state index in [1.165, 1.54) is 0 Å². The van der Waals surface area contributed by atoms with E-state index in [-0.39, 0.29) is 5.91 Å². The second-order valence-electron chi connectivity index (χ2n) is 5.56. The Kier molecular flexibility index (Phi) is 5.10. The smallest absolute Gasteiger partial charge is 0.223 e. The highest BCUT2D eigenvalue weighted by Gasteiger charge is 2.22. The minimum Gasteiger partial charge on any atom is -0.486 e. The van der Waals surface area contributed by atoms with Crippen molar-refractivity contribution in [3.05, 3.63) is 18.2 Å². The van der Waals surface area contributed by atoms with E-state index in [4.69, 9.17) is 9.47 Å².